The van der Waals surface area contributed by atoms with E-state index in [9.17, 15) is 4.79 Å². The van der Waals surface area contributed by atoms with Crippen molar-refractivity contribution in [2.24, 2.45) is 7.05 Å². The SMILES string of the molecule is CNC(C(=O)Nc1nc(-c2ccc3c(c2)OCCO3)cs1)c1cnn(C)c1. The van der Waals surface area contributed by atoms with Gasteiger partial charge in [0.1, 0.15) is 19.3 Å². The number of rotatable bonds is 5. The third-order valence-corrected chi connectivity index (χ3v) is 4.94. The Bertz CT molecular complexity index is 968. The highest BCUT2D eigenvalue weighted by Crippen LogP contribution is 2.35. The Hall–Kier alpha value is -2.91. The lowest BCUT2D eigenvalue weighted by atomic mass is 10.1. The van der Waals surface area contributed by atoms with Gasteiger partial charge in [0.15, 0.2) is 16.6 Å². The normalized spacial score (nSPS) is 14.0. The van der Waals surface area contributed by atoms with Crippen LogP contribution in [0.25, 0.3) is 11.3 Å². The first kappa shape index (κ1) is 17.5. The highest BCUT2D eigenvalue weighted by Gasteiger charge is 2.21. The number of thiazole rings is 1. The molecule has 1 atom stereocenters. The van der Waals surface area contributed by atoms with Crippen LogP contribution in [0.5, 0.6) is 11.5 Å². The number of carbonyl (C=O) groups excluding carboxylic acids is 1. The van der Waals surface area contributed by atoms with Gasteiger partial charge in [-0.05, 0) is 25.2 Å². The molecule has 8 nitrogen and oxygen atoms in total. The molecule has 2 aromatic heterocycles. The summed E-state index contributed by atoms with van der Waals surface area (Å²) in [5, 5.41) is 12.4. The van der Waals surface area contributed by atoms with Crippen LogP contribution in [0.3, 0.4) is 0 Å². The number of carbonyl (C=O) groups is 1. The van der Waals surface area contributed by atoms with Crippen molar-refractivity contribution in [1.82, 2.24) is 20.1 Å². The zero-order chi connectivity index (χ0) is 18.8. The maximum Gasteiger partial charge on any atom is 0.247 e. The van der Waals surface area contributed by atoms with Gasteiger partial charge in [-0.15, -0.1) is 11.3 Å². The summed E-state index contributed by atoms with van der Waals surface area (Å²) in [6, 6.07) is 5.21. The minimum absolute atomic E-state index is 0.187. The summed E-state index contributed by atoms with van der Waals surface area (Å²) < 4.78 is 12.8. The summed E-state index contributed by atoms with van der Waals surface area (Å²) in [6.07, 6.45) is 3.48. The van der Waals surface area contributed by atoms with E-state index in [4.69, 9.17) is 9.47 Å². The second kappa shape index (κ2) is 7.37. The highest BCUT2D eigenvalue weighted by molar-refractivity contribution is 7.14. The average molecular weight is 385 g/mol. The van der Waals surface area contributed by atoms with Crippen molar-refractivity contribution in [3.8, 4) is 22.8 Å². The zero-order valence-corrected chi connectivity index (χ0v) is 15.7. The Labute approximate surface area is 160 Å². The molecule has 3 heterocycles. The van der Waals surface area contributed by atoms with Crippen LogP contribution in [0.15, 0.2) is 36.0 Å². The minimum atomic E-state index is -0.500. The number of aromatic nitrogens is 3. The Morgan fingerprint density at radius 3 is 2.85 bits per heavy atom. The third kappa shape index (κ3) is 3.64. The van der Waals surface area contributed by atoms with Gasteiger partial charge in [0.2, 0.25) is 5.91 Å². The molecule has 0 fully saturated rings. The standard InChI is InChI=1S/C18H19N5O3S/c1-19-16(12-8-20-23(2)9-12)17(24)22-18-21-13(10-27-18)11-3-4-14-15(7-11)26-6-5-25-14/h3-4,7-10,16,19H,5-6H2,1-2H3,(H,21,22,24). The van der Waals surface area contributed by atoms with Gasteiger partial charge in [-0.3, -0.25) is 9.48 Å². The largest absolute Gasteiger partial charge is 0.486 e. The van der Waals surface area contributed by atoms with Crippen molar-refractivity contribution in [1.29, 1.82) is 0 Å². The summed E-state index contributed by atoms with van der Waals surface area (Å²) in [4.78, 5) is 17.1. The van der Waals surface area contributed by atoms with Gasteiger partial charge in [-0.25, -0.2) is 4.98 Å². The summed E-state index contributed by atoms with van der Waals surface area (Å²) in [6.45, 7) is 1.09. The number of nitrogens with zero attached hydrogens (tertiary/aromatic N) is 3. The number of fused-ring (bicyclic) bond motifs is 1. The molecule has 4 rings (SSSR count). The van der Waals surface area contributed by atoms with Crippen LogP contribution >= 0.6 is 11.3 Å². The first-order valence-electron chi connectivity index (χ1n) is 8.46. The molecule has 0 aliphatic carbocycles. The van der Waals surface area contributed by atoms with Crippen LogP contribution in [-0.2, 0) is 11.8 Å². The van der Waals surface area contributed by atoms with Gasteiger partial charge < -0.3 is 20.1 Å². The Morgan fingerprint density at radius 2 is 2.11 bits per heavy atom. The topological polar surface area (TPSA) is 90.3 Å². The van der Waals surface area contributed by atoms with Gasteiger partial charge in [-0.1, -0.05) is 0 Å². The van der Waals surface area contributed by atoms with Crippen molar-refractivity contribution in [2.45, 2.75) is 6.04 Å². The molecule has 2 N–H and O–H groups in total. The molecule has 1 aromatic carbocycles. The summed E-state index contributed by atoms with van der Waals surface area (Å²) in [5.41, 5.74) is 2.48. The lowest BCUT2D eigenvalue weighted by Gasteiger charge is -2.18. The average Bonchev–Trinajstić information content (AvgIpc) is 3.31. The molecule has 0 saturated carbocycles. The van der Waals surface area contributed by atoms with Crippen LogP contribution in [0.2, 0.25) is 0 Å². The number of aryl methyl sites for hydroxylation is 1. The molecule has 1 unspecified atom stereocenters. The predicted octanol–water partition coefficient (Wildman–Crippen LogP) is 2.21. The number of ether oxygens (including phenoxy) is 2. The summed E-state index contributed by atoms with van der Waals surface area (Å²) in [7, 11) is 3.55. The van der Waals surface area contributed by atoms with E-state index in [0.29, 0.717) is 24.1 Å². The van der Waals surface area contributed by atoms with Crippen molar-refractivity contribution < 1.29 is 14.3 Å². The number of benzene rings is 1. The molecule has 1 aliphatic rings. The van der Waals surface area contributed by atoms with Crippen LogP contribution in [0, 0.1) is 0 Å². The van der Waals surface area contributed by atoms with Crippen molar-refractivity contribution in [2.75, 3.05) is 25.6 Å². The van der Waals surface area contributed by atoms with Crippen LogP contribution in [0.4, 0.5) is 5.13 Å². The van der Waals surface area contributed by atoms with E-state index in [1.54, 1.807) is 17.9 Å². The summed E-state index contributed by atoms with van der Waals surface area (Å²) in [5.74, 6) is 1.26. The van der Waals surface area contributed by atoms with E-state index in [2.05, 4.69) is 20.7 Å². The molecule has 140 valence electrons. The fraction of sp³-hybridized carbons (Fsp3) is 0.278. The smallest absolute Gasteiger partial charge is 0.247 e. The second-order valence-corrected chi connectivity index (χ2v) is 6.91. The molecular weight excluding hydrogens is 366 g/mol. The van der Waals surface area contributed by atoms with Gasteiger partial charge in [0.25, 0.3) is 0 Å². The van der Waals surface area contributed by atoms with E-state index in [-0.39, 0.29) is 5.91 Å². The van der Waals surface area contributed by atoms with E-state index < -0.39 is 6.04 Å². The van der Waals surface area contributed by atoms with Crippen LogP contribution in [0.1, 0.15) is 11.6 Å². The monoisotopic (exact) mass is 385 g/mol. The van der Waals surface area contributed by atoms with Crippen LogP contribution in [-0.4, -0.2) is 40.9 Å². The zero-order valence-electron chi connectivity index (χ0n) is 14.9. The lowest BCUT2D eigenvalue weighted by molar-refractivity contribution is -0.118. The maximum absolute atomic E-state index is 12.6. The van der Waals surface area contributed by atoms with Crippen molar-refractivity contribution >= 4 is 22.4 Å². The third-order valence-electron chi connectivity index (χ3n) is 4.18. The fourth-order valence-electron chi connectivity index (χ4n) is 2.88. The molecule has 0 radical (unpaired) electrons. The quantitative estimate of drug-likeness (QED) is 0.700. The van der Waals surface area contributed by atoms with E-state index in [1.807, 2.05) is 36.8 Å². The van der Waals surface area contributed by atoms with Gasteiger partial charge in [0.05, 0.1) is 11.9 Å². The lowest BCUT2D eigenvalue weighted by Crippen LogP contribution is -2.30. The fourth-order valence-corrected chi connectivity index (χ4v) is 3.60. The number of likely N-dealkylation sites (N-methyl/N-ethyl adjacent to an activating group) is 1. The molecule has 1 amide bonds. The molecule has 0 spiro atoms. The first-order chi connectivity index (χ1) is 13.1. The predicted molar refractivity (Wildman–Crippen MR) is 102 cm³/mol. The highest BCUT2D eigenvalue weighted by atomic mass is 32.1. The summed E-state index contributed by atoms with van der Waals surface area (Å²) >= 11 is 1.37. The molecule has 0 bridgehead atoms. The van der Waals surface area contributed by atoms with E-state index >= 15 is 0 Å². The Kier molecular flexibility index (Phi) is 4.78. The Morgan fingerprint density at radius 1 is 1.30 bits per heavy atom. The van der Waals surface area contributed by atoms with Crippen molar-refractivity contribution in [3.05, 3.63) is 41.5 Å². The van der Waals surface area contributed by atoms with Gasteiger partial charge in [0, 0.05) is 29.8 Å². The van der Waals surface area contributed by atoms with E-state index in [0.717, 1.165) is 22.6 Å². The van der Waals surface area contributed by atoms with Crippen molar-refractivity contribution in [3.63, 3.8) is 0 Å². The van der Waals surface area contributed by atoms with Crippen LogP contribution < -0.4 is 20.1 Å². The van der Waals surface area contributed by atoms with Gasteiger partial charge >= 0.3 is 0 Å². The number of hydrogen-bond donors (Lipinski definition) is 2. The maximum atomic E-state index is 12.6. The number of nitrogens with one attached hydrogen (secondary N) is 2. The minimum Gasteiger partial charge on any atom is -0.486 e. The molecule has 0 saturated heterocycles. The molecular formula is C18H19N5O3S. The van der Waals surface area contributed by atoms with E-state index in [1.165, 1.54) is 11.3 Å². The number of anilines is 1. The molecule has 9 heteroatoms. The second-order valence-electron chi connectivity index (χ2n) is 6.05. The molecule has 27 heavy (non-hydrogen) atoms. The molecule has 3 aromatic rings. The Balaban J connectivity index is 1.50. The van der Waals surface area contributed by atoms with Gasteiger partial charge in [-0.2, -0.15) is 5.10 Å². The number of amides is 1. The first-order valence-corrected chi connectivity index (χ1v) is 9.34. The number of hydrogen-bond acceptors (Lipinski definition) is 7. The molecule has 1 aliphatic heterocycles.